The van der Waals surface area contributed by atoms with Crippen molar-refractivity contribution in [2.24, 2.45) is 0 Å². The minimum absolute atomic E-state index is 0.147. The molecule has 0 spiro atoms. The third-order valence-electron chi connectivity index (χ3n) is 2.58. The minimum Gasteiger partial charge on any atom is -0.481 e. The van der Waals surface area contributed by atoms with Gasteiger partial charge in [0.15, 0.2) is 5.13 Å². The van der Waals surface area contributed by atoms with Crippen LogP contribution in [0.4, 0.5) is 5.13 Å². The van der Waals surface area contributed by atoms with Gasteiger partial charge in [-0.05, 0) is 18.6 Å². The van der Waals surface area contributed by atoms with E-state index in [1.165, 1.54) is 11.3 Å². The number of aliphatic carboxylic acids is 1. The van der Waals surface area contributed by atoms with E-state index in [9.17, 15) is 9.59 Å². The molecule has 0 unspecified atom stereocenters. The maximum Gasteiger partial charge on any atom is 0.309 e. The maximum atomic E-state index is 11.9. The lowest BCUT2D eigenvalue weighted by Crippen LogP contribution is -2.15. The minimum atomic E-state index is -0.947. The molecule has 0 aromatic carbocycles. The van der Waals surface area contributed by atoms with E-state index in [1.54, 1.807) is 11.6 Å². The molecule has 2 rings (SSSR count). The molecule has 1 amide bonds. The van der Waals surface area contributed by atoms with E-state index >= 15 is 0 Å². The molecule has 2 N–H and O–H groups in total. The summed E-state index contributed by atoms with van der Waals surface area (Å²) in [6.45, 7) is 1.89. The zero-order valence-electron chi connectivity index (χ0n) is 10.8. The van der Waals surface area contributed by atoms with Crippen LogP contribution in [0.15, 0.2) is 23.7 Å². The second-order valence-corrected chi connectivity index (χ2v) is 5.06. The molecule has 0 radical (unpaired) electrons. The fraction of sp³-hybridized carbons (Fsp3) is 0.231. The lowest BCUT2D eigenvalue weighted by Gasteiger charge is -2.03. The van der Waals surface area contributed by atoms with Crippen molar-refractivity contribution in [3.8, 4) is 0 Å². The summed E-state index contributed by atoms with van der Waals surface area (Å²) in [5.41, 5.74) is 2.10. The molecule has 2 aromatic rings. The number of hydrogen-bond donors (Lipinski definition) is 2. The molecule has 6 nitrogen and oxygen atoms in total. The van der Waals surface area contributed by atoms with Crippen molar-refractivity contribution in [3.63, 3.8) is 0 Å². The number of carbonyl (C=O) groups is 2. The number of pyridine rings is 1. The molecule has 0 aliphatic heterocycles. The van der Waals surface area contributed by atoms with Crippen LogP contribution >= 0.6 is 11.3 Å². The van der Waals surface area contributed by atoms with Gasteiger partial charge < -0.3 is 10.4 Å². The Bertz CT molecular complexity index is 639. The zero-order valence-corrected chi connectivity index (χ0v) is 11.6. The van der Waals surface area contributed by atoms with E-state index in [1.807, 2.05) is 19.1 Å². The molecule has 0 fully saturated rings. The fourth-order valence-electron chi connectivity index (χ4n) is 1.62. The number of hydrogen-bond acceptors (Lipinski definition) is 5. The first-order valence-electron chi connectivity index (χ1n) is 5.91. The summed E-state index contributed by atoms with van der Waals surface area (Å²) in [6.07, 6.45) is 1.66. The third kappa shape index (κ3) is 3.86. The fourth-order valence-corrected chi connectivity index (χ4v) is 2.35. The number of rotatable bonds is 5. The van der Waals surface area contributed by atoms with Gasteiger partial charge in [0.25, 0.3) is 0 Å². The van der Waals surface area contributed by atoms with Gasteiger partial charge in [-0.25, -0.2) is 4.98 Å². The molecule has 0 bridgehead atoms. The quantitative estimate of drug-likeness (QED) is 0.874. The van der Waals surface area contributed by atoms with Crippen LogP contribution < -0.4 is 5.32 Å². The Morgan fingerprint density at radius 2 is 2.20 bits per heavy atom. The average Bonchev–Trinajstić information content (AvgIpc) is 2.78. The second-order valence-electron chi connectivity index (χ2n) is 4.21. The van der Waals surface area contributed by atoms with Crippen LogP contribution in [-0.4, -0.2) is 27.0 Å². The number of carboxylic acid groups (broad SMARTS) is 1. The first-order valence-corrected chi connectivity index (χ1v) is 6.79. The van der Waals surface area contributed by atoms with Gasteiger partial charge in [-0.15, -0.1) is 11.3 Å². The lowest BCUT2D eigenvalue weighted by atomic mass is 10.1. The van der Waals surface area contributed by atoms with Crippen LogP contribution in [0.3, 0.4) is 0 Å². The van der Waals surface area contributed by atoms with Gasteiger partial charge in [-0.1, -0.05) is 6.07 Å². The predicted molar refractivity (Wildman–Crippen MR) is 74.8 cm³/mol. The number of nitrogens with zero attached hydrogens (tertiary/aromatic N) is 2. The Hall–Kier alpha value is -2.28. The highest BCUT2D eigenvalue weighted by atomic mass is 32.1. The highest BCUT2D eigenvalue weighted by molar-refractivity contribution is 7.13. The molecule has 0 saturated carbocycles. The van der Waals surface area contributed by atoms with E-state index in [4.69, 9.17) is 5.11 Å². The van der Waals surface area contributed by atoms with Crippen molar-refractivity contribution < 1.29 is 14.7 Å². The highest BCUT2D eigenvalue weighted by Gasteiger charge is 2.11. The summed E-state index contributed by atoms with van der Waals surface area (Å²) in [5, 5.41) is 13.3. The first kappa shape index (κ1) is 14.1. The smallest absolute Gasteiger partial charge is 0.309 e. The van der Waals surface area contributed by atoms with Crippen molar-refractivity contribution in [1.29, 1.82) is 0 Å². The van der Waals surface area contributed by atoms with Gasteiger partial charge in [0.1, 0.15) is 0 Å². The summed E-state index contributed by atoms with van der Waals surface area (Å²) < 4.78 is 0. The van der Waals surface area contributed by atoms with E-state index < -0.39 is 5.97 Å². The average molecular weight is 291 g/mol. The van der Waals surface area contributed by atoms with Crippen molar-refractivity contribution in [2.75, 3.05) is 5.32 Å². The Kier molecular flexibility index (Phi) is 4.41. The van der Waals surface area contributed by atoms with Gasteiger partial charge in [0.05, 0.1) is 24.2 Å². The molecule has 104 valence electrons. The monoisotopic (exact) mass is 291 g/mol. The van der Waals surface area contributed by atoms with Crippen LogP contribution in [0.2, 0.25) is 0 Å². The van der Waals surface area contributed by atoms with Gasteiger partial charge in [0, 0.05) is 11.6 Å². The molecule has 0 aliphatic carbocycles. The van der Waals surface area contributed by atoms with Gasteiger partial charge >= 0.3 is 5.97 Å². The number of aromatic nitrogens is 2. The lowest BCUT2D eigenvalue weighted by molar-refractivity contribution is -0.136. The number of thiazole rings is 1. The highest BCUT2D eigenvalue weighted by Crippen LogP contribution is 2.16. The number of carboxylic acids is 1. The zero-order chi connectivity index (χ0) is 14.5. The van der Waals surface area contributed by atoms with Crippen molar-refractivity contribution >= 4 is 28.3 Å². The van der Waals surface area contributed by atoms with E-state index in [0.717, 1.165) is 5.56 Å². The van der Waals surface area contributed by atoms with Crippen molar-refractivity contribution in [2.45, 2.75) is 19.8 Å². The molecule has 7 heteroatoms. The topological polar surface area (TPSA) is 92.2 Å². The number of aryl methyl sites for hydroxylation is 1. The maximum absolute atomic E-state index is 11.9. The molecular weight excluding hydrogens is 278 g/mol. The molecule has 20 heavy (non-hydrogen) atoms. The van der Waals surface area contributed by atoms with Crippen LogP contribution in [-0.2, 0) is 22.4 Å². The standard InChI is InChI=1S/C13H13N3O3S/c1-8-3-2-4-14-10(8)6-11(17)16-13-15-9(7-20-13)5-12(18)19/h2-4,7H,5-6H2,1H3,(H,18,19)(H,15,16,17). The third-order valence-corrected chi connectivity index (χ3v) is 3.38. The molecule has 0 aliphatic rings. The van der Waals surface area contributed by atoms with Crippen LogP contribution in [0.1, 0.15) is 17.0 Å². The van der Waals surface area contributed by atoms with Crippen LogP contribution in [0.5, 0.6) is 0 Å². The van der Waals surface area contributed by atoms with Gasteiger partial charge in [-0.2, -0.15) is 0 Å². The summed E-state index contributed by atoms with van der Waals surface area (Å²) in [4.78, 5) is 30.6. The van der Waals surface area contributed by atoms with E-state index in [2.05, 4.69) is 15.3 Å². The molecular formula is C13H13N3O3S. The SMILES string of the molecule is Cc1cccnc1CC(=O)Nc1nc(CC(=O)O)cs1. The van der Waals surface area contributed by atoms with Crippen molar-refractivity contribution in [3.05, 3.63) is 40.7 Å². The summed E-state index contributed by atoms with van der Waals surface area (Å²) in [5.74, 6) is -1.17. The Labute approximate surface area is 119 Å². The Morgan fingerprint density at radius 1 is 1.40 bits per heavy atom. The van der Waals surface area contributed by atoms with Gasteiger partial charge in [0.2, 0.25) is 5.91 Å². The molecule has 2 heterocycles. The van der Waals surface area contributed by atoms with E-state index in [0.29, 0.717) is 16.5 Å². The molecule has 0 saturated heterocycles. The number of anilines is 1. The predicted octanol–water partition coefficient (Wildman–Crippen LogP) is 1.65. The Morgan fingerprint density at radius 3 is 2.90 bits per heavy atom. The Balaban J connectivity index is 1.96. The number of amides is 1. The summed E-state index contributed by atoms with van der Waals surface area (Å²) >= 11 is 1.21. The van der Waals surface area contributed by atoms with E-state index in [-0.39, 0.29) is 18.7 Å². The molecule has 0 atom stereocenters. The normalized spacial score (nSPS) is 10.2. The van der Waals surface area contributed by atoms with Gasteiger partial charge in [-0.3, -0.25) is 14.6 Å². The van der Waals surface area contributed by atoms with Crippen LogP contribution in [0, 0.1) is 6.92 Å². The molecule has 2 aromatic heterocycles. The first-order chi connectivity index (χ1) is 9.54. The second kappa shape index (κ2) is 6.25. The summed E-state index contributed by atoms with van der Waals surface area (Å²) in [7, 11) is 0. The van der Waals surface area contributed by atoms with Crippen molar-refractivity contribution in [1.82, 2.24) is 9.97 Å². The van der Waals surface area contributed by atoms with Crippen LogP contribution in [0.25, 0.3) is 0 Å². The summed E-state index contributed by atoms with van der Waals surface area (Å²) in [6, 6.07) is 3.71. The number of nitrogens with one attached hydrogen (secondary N) is 1. The number of carbonyl (C=O) groups excluding carboxylic acids is 1. The largest absolute Gasteiger partial charge is 0.481 e.